The normalized spacial score (nSPS) is 12.0. The van der Waals surface area contributed by atoms with Gasteiger partial charge < -0.3 is 10.8 Å². The average molecular weight is 222 g/mol. The second kappa shape index (κ2) is 4.70. The van der Waals surface area contributed by atoms with Crippen LogP contribution in [0.1, 0.15) is 24.1 Å². The maximum atomic E-state index is 9.55. The number of benzene rings is 1. The number of halogens is 2. The summed E-state index contributed by atoms with van der Waals surface area (Å²) in [7, 11) is 0. The average Bonchev–Trinajstić information content (AvgIpc) is 1.96. The standard InChI is InChI=1S/C9H12ClNO.ClH/c1-5-3-7(10)4-8(6(2)11)9(5)12;/h3-4,6,12H,11H2,1-2H3;1H/t6-;/m1./s1. The molecule has 0 aromatic heterocycles. The molecule has 1 rings (SSSR count). The number of hydrogen-bond acceptors (Lipinski definition) is 2. The highest BCUT2D eigenvalue weighted by Gasteiger charge is 2.09. The van der Waals surface area contributed by atoms with E-state index in [1.807, 2.05) is 6.92 Å². The Morgan fingerprint density at radius 2 is 2.00 bits per heavy atom. The van der Waals surface area contributed by atoms with Crippen LogP contribution in [-0.4, -0.2) is 5.11 Å². The van der Waals surface area contributed by atoms with E-state index < -0.39 is 0 Å². The van der Waals surface area contributed by atoms with E-state index in [1.165, 1.54) is 0 Å². The van der Waals surface area contributed by atoms with Crippen LogP contribution in [0.2, 0.25) is 5.02 Å². The van der Waals surface area contributed by atoms with Crippen molar-refractivity contribution in [1.82, 2.24) is 0 Å². The van der Waals surface area contributed by atoms with Crippen molar-refractivity contribution >= 4 is 24.0 Å². The van der Waals surface area contributed by atoms with E-state index in [0.29, 0.717) is 10.6 Å². The molecule has 1 aromatic carbocycles. The van der Waals surface area contributed by atoms with Crippen molar-refractivity contribution in [3.63, 3.8) is 0 Å². The molecule has 0 saturated heterocycles. The lowest BCUT2D eigenvalue weighted by Gasteiger charge is -2.10. The number of phenols is 1. The lowest BCUT2D eigenvalue weighted by atomic mass is 10.0. The van der Waals surface area contributed by atoms with Gasteiger partial charge in [0.25, 0.3) is 0 Å². The van der Waals surface area contributed by atoms with Gasteiger partial charge in [-0.25, -0.2) is 0 Å². The van der Waals surface area contributed by atoms with Crippen molar-refractivity contribution in [3.05, 3.63) is 28.3 Å². The zero-order chi connectivity index (χ0) is 9.30. The molecule has 1 atom stereocenters. The molecule has 1 aromatic rings. The van der Waals surface area contributed by atoms with Crippen LogP contribution in [0.4, 0.5) is 0 Å². The van der Waals surface area contributed by atoms with Crippen molar-refractivity contribution in [2.45, 2.75) is 19.9 Å². The van der Waals surface area contributed by atoms with E-state index in [9.17, 15) is 5.11 Å². The maximum Gasteiger partial charge on any atom is 0.123 e. The molecule has 0 bridgehead atoms. The Hall–Kier alpha value is -0.440. The Kier molecular flexibility index (Phi) is 4.54. The molecule has 0 fully saturated rings. The molecule has 0 spiro atoms. The predicted octanol–water partition coefficient (Wildman–Crippen LogP) is 2.80. The lowest BCUT2D eigenvalue weighted by Crippen LogP contribution is -2.05. The van der Waals surface area contributed by atoms with E-state index in [0.717, 1.165) is 5.56 Å². The summed E-state index contributed by atoms with van der Waals surface area (Å²) in [5, 5.41) is 10.2. The second-order valence-electron chi connectivity index (χ2n) is 2.95. The molecule has 13 heavy (non-hydrogen) atoms. The van der Waals surface area contributed by atoms with Crippen molar-refractivity contribution in [2.75, 3.05) is 0 Å². The molecular formula is C9H13Cl2NO. The number of aromatic hydroxyl groups is 1. The lowest BCUT2D eigenvalue weighted by molar-refractivity contribution is 0.459. The Balaban J connectivity index is 0.00000144. The highest BCUT2D eigenvalue weighted by Crippen LogP contribution is 2.29. The van der Waals surface area contributed by atoms with Gasteiger partial charge in [-0.1, -0.05) is 11.6 Å². The van der Waals surface area contributed by atoms with Crippen LogP contribution in [0.15, 0.2) is 12.1 Å². The third-order valence-corrected chi connectivity index (χ3v) is 2.00. The molecule has 3 N–H and O–H groups in total. The Morgan fingerprint density at radius 1 is 1.46 bits per heavy atom. The minimum atomic E-state index is -0.192. The van der Waals surface area contributed by atoms with E-state index in [1.54, 1.807) is 19.1 Å². The van der Waals surface area contributed by atoms with Gasteiger partial charge in [0.2, 0.25) is 0 Å². The van der Waals surface area contributed by atoms with E-state index in [4.69, 9.17) is 17.3 Å². The van der Waals surface area contributed by atoms with Gasteiger partial charge in [-0.05, 0) is 31.5 Å². The molecule has 2 nitrogen and oxygen atoms in total. The summed E-state index contributed by atoms with van der Waals surface area (Å²) in [4.78, 5) is 0. The number of rotatable bonds is 1. The minimum Gasteiger partial charge on any atom is -0.507 e. The monoisotopic (exact) mass is 221 g/mol. The van der Waals surface area contributed by atoms with Crippen LogP contribution in [0.25, 0.3) is 0 Å². The van der Waals surface area contributed by atoms with Gasteiger partial charge in [-0.2, -0.15) is 0 Å². The number of aryl methyl sites for hydroxylation is 1. The molecular weight excluding hydrogens is 209 g/mol. The van der Waals surface area contributed by atoms with Crippen LogP contribution >= 0.6 is 24.0 Å². The van der Waals surface area contributed by atoms with Gasteiger partial charge in [-0.3, -0.25) is 0 Å². The molecule has 74 valence electrons. The molecule has 0 radical (unpaired) electrons. The summed E-state index contributed by atoms with van der Waals surface area (Å²) >= 11 is 5.80. The van der Waals surface area contributed by atoms with Crippen LogP contribution < -0.4 is 5.73 Å². The number of nitrogens with two attached hydrogens (primary N) is 1. The molecule has 0 aliphatic rings. The van der Waals surface area contributed by atoms with Crippen molar-refractivity contribution in [3.8, 4) is 5.75 Å². The molecule has 0 aliphatic heterocycles. The summed E-state index contributed by atoms with van der Waals surface area (Å²) in [5.74, 6) is 0.245. The second-order valence-corrected chi connectivity index (χ2v) is 3.39. The topological polar surface area (TPSA) is 46.2 Å². The summed E-state index contributed by atoms with van der Waals surface area (Å²) < 4.78 is 0. The van der Waals surface area contributed by atoms with Crippen LogP contribution in [0.3, 0.4) is 0 Å². The van der Waals surface area contributed by atoms with Crippen molar-refractivity contribution in [1.29, 1.82) is 0 Å². The Morgan fingerprint density at radius 3 is 2.46 bits per heavy atom. The first-order valence-corrected chi connectivity index (χ1v) is 4.14. The van der Waals surface area contributed by atoms with Crippen LogP contribution in [0, 0.1) is 6.92 Å². The van der Waals surface area contributed by atoms with Crippen molar-refractivity contribution < 1.29 is 5.11 Å². The molecule has 4 heteroatoms. The van der Waals surface area contributed by atoms with E-state index >= 15 is 0 Å². The molecule has 0 aliphatic carbocycles. The number of hydrogen-bond donors (Lipinski definition) is 2. The van der Waals surface area contributed by atoms with Gasteiger partial charge in [0.15, 0.2) is 0 Å². The molecule has 0 saturated carbocycles. The zero-order valence-corrected chi connectivity index (χ0v) is 9.12. The zero-order valence-electron chi connectivity index (χ0n) is 7.54. The summed E-state index contributed by atoms with van der Waals surface area (Å²) in [6.45, 7) is 3.61. The summed E-state index contributed by atoms with van der Waals surface area (Å²) in [6, 6.07) is 3.21. The molecule has 0 amide bonds. The van der Waals surface area contributed by atoms with Crippen LogP contribution in [-0.2, 0) is 0 Å². The Labute approximate surface area is 89.1 Å². The SMILES string of the molecule is Cc1cc(Cl)cc([C@@H](C)N)c1O.Cl. The first-order chi connectivity index (χ1) is 5.52. The van der Waals surface area contributed by atoms with E-state index in [-0.39, 0.29) is 24.2 Å². The Bertz CT molecular complexity index is 300. The highest BCUT2D eigenvalue weighted by atomic mass is 35.5. The maximum absolute atomic E-state index is 9.55. The quantitative estimate of drug-likeness (QED) is 0.767. The predicted molar refractivity (Wildman–Crippen MR) is 57.7 cm³/mol. The van der Waals surface area contributed by atoms with Gasteiger partial charge in [0.05, 0.1) is 0 Å². The summed E-state index contributed by atoms with van der Waals surface area (Å²) in [5.41, 5.74) is 7.09. The molecule has 0 unspecified atom stereocenters. The third kappa shape index (κ3) is 2.76. The van der Waals surface area contributed by atoms with Crippen LogP contribution in [0.5, 0.6) is 5.75 Å². The van der Waals surface area contributed by atoms with Crippen molar-refractivity contribution in [2.24, 2.45) is 5.73 Å². The fraction of sp³-hybridized carbons (Fsp3) is 0.333. The van der Waals surface area contributed by atoms with Gasteiger partial charge >= 0.3 is 0 Å². The minimum absolute atomic E-state index is 0. The first-order valence-electron chi connectivity index (χ1n) is 3.77. The van der Waals surface area contributed by atoms with Gasteiger partial charge in [-0.15, -0.1) is 12.4 Å². The fourth-order valence-electron chi connectivity index (χ4n) is 1.11. The smallest absolute Gasteiger partial charge is 0.123 e. The fourth-order valence-corrected chi connectivity index (χ4v) is 1.39. The number of phenolic OH excluding ortho intramolecular Hbond substituents is 1. The highest BCUT2D eigenvalue weighted by molar-refractivity contribution is 6.30. The van der Waals surface area contributed by atoms with Gasteiger partial charge in [0.1, 0.15) is 5.75 Å². The summed E-state index contributed by atoms with van der Waals surface area (Å²) in [6.07, 6.45) is 0. The van der Waals surface area contributed by atoms with E-state index in [2.05, 4.69) is 0 Å². The first kappa shape index (κ1) is 12.6. The largest absolute Gasteiger partial charge is 0.507 e. The molecule has 0 heterocycles. The third-order valence-electron chi connectivity index (χ3n) is 1.79. The van der Waals surface area contributed by atoms with Gasteiger partial charge in [0, 0.05) is 16.6 Å².